The molecule has 1 saturated heterocycles. The zero-order chi connectivity index (χ0) is 22.4. The van der Waals surface area contributed by atoms with E-state index < -0.39 is 5.91 Å². The van der Waals surface area contributed by atoms with Crippen LogP contribution in [0.4, 0.5) is 0 Å². The van der Waals surface area contributed by atoms with Crippen LogP contribution in [0.15, 0.2) is 48.7 Å². The summed E-state index contributed by atoms with van der Waals surface area (Å²) >= 11 is 5.96. The van der Waals surface area contributed by atoms with Crippen LogP contribution in [0.5, 0.6) is 0 Å². The monoisotopic (exact) mass is 447 g/mol. The predicted octanol–water partition coefficient (Wildman–Crippen LogP) is 3.52. The second-order valence-corrected chi connectivity index (χ2v) is 8.51. The lowest BCUT2D eigenvalue weighted by molar-refractivity contribution is 0.0664. The number of benzene rings is 2. The fraction of sp³-hybridized carbons (Fsp3) is 0.208. The number of amides is 2. The van der Waals surface area contributed by atoms with E-state index in [9.17, 15) is 9.59 Å². The third kappa shape index (κ3) is 3.49. The first-order chi connectivity index (χ1) is 15.4. The zero-order valence-corrected chi connectivity index (χ0v) is 18.3. The number of nitrogens with zero attached hydrogens (tertiary/aromatic N) is 3. The number of halogens is 1. The summed E-state index contributed by atoms with van der Waals surface area (Å²) < 4.78 is 0. The molecule has 0 bridgehead atoms. The minimum absolute atomic E-state index is 0.0101. The maximum absolute atomic E-state index is 13.1. The SMILES string of the molecule is CN1CCN(C(=O)c2ccc3c(c2)[nH]c2c(C(N)=O)ccc(-c4ccc(Cl)nc4)c23)CC1. The van der Waals surface area contributed by atoms with Gasteiger partial charge in [0.05, 0.1) is 11.1 Å². The maximum Gasteiger partial charge on any atom is 0.254 e. The molecule has 1 aliphatic heterocycles. The van der Waals surface area contributed by atoms with Crippen molar-refractivity contribution < 1.29 is 9.59 Å². The Morgan fingerprint density at radius 2 is 1.84 bits per heavy atom. The third-order valence-electron chi connectivity index (χ3n) is 6.10. The van der Waals surface area contributed by atoms with E-state index in [-0.39, 0.29) is 5.91 Å². The fourth-order valence-corrected chi connectivity index (χ4v) is 4.43. The molecular weight excluding hydrogens is 426 g/mol. The molecule has 4 aromatic rings. The molecule has 2 aromatic heterocycles. The topological polar surface area (TPSA) is 95.3 Å². The summed E-state index contributed by atoms with van der Waals surface area (Å²) in [5.74, 6) is -0.507. The van der Waals surface area contributed by atoms with Crippen LogP contribution in [-0.4, -0.2) is 64.8 Å². The largest absolute Gasteiger partial charge is 0.366 e. The van der Waals surface area contributed by atoms with E-state index >= 15 is 0 Å². The van der Waals surface area contributed by atoms with Crippen molar-refractivity contribution in [3.8, 4) is 11.1 Å². The van der Waals surface area contributed by atoms with Crippen molar-refractivity contribution in [3.05, 3.63) is 64.9 Å². The van der Waals surface area contributed by atoms with E-state index in [0.717, 1.165) is 40.5 Å². The molecule has 2 aromatic carbocycles. The highest BCUT2D eigenvalue weighted by Crippen LogP contribution is 2.36. The average Bonchev–Trinajstić information content (AvgIpc) is 3.17. The number of aromatic nitrogens is 2. The number of piperazine rings is 1. The molecule has 0 radical (unpaired) electrons. The second kappa shape index (κ2) is 7.93. The molecule has 5 rings (SSSR count). The lowest BCUT2D eigenvalue weighted by Gasteiger charge is -2.32. The van der Waals surface area contributed by atoms with Gasteiger partial charge in [-0.1, -0.05) is 23.7 Å². The van der Waals surface area contributed by atoms with Crippen molar-refractivity contribution >= 4 is 45.2 Å². The van der Waals surface area contributed by atoms with Crippen LogP contribution in [-0.2, 0) is 0 Å². The van der Waals surface area contributed by atoms with Crippen LogP contribution in [0.1, 0.15) is 20.7 Å². The number of hydrogen-bond acceptors (Lipinski definition) is 4. The predicted molar refractivity (Wildman–Crippen MR) is 126 cm³/mol. The lowest BCUT2D eigenvalue weighted by atomic mass is 9.97. The molecule has 32 heavy (non-hydrogen) atoms. The highest BCUT2D eigenvalue weighted by atomic mass is 35.5. The van der Waals surface area contributed by atoms with Crippen LogP contribution >= 0.6 is 11.6 Å². The van der Waals surface area contributed by atoms with E-state index in [1.807, 2.05) is 35.2 Å². The Kier molecular flexibility index (Phi) is 5.07. The van der Waals surface area contributed by atoms with E-state index in [0.29, 0.717) is 34.9 Å². The van der Waals surface area contributed by atoms with Gasteiger partial charge >= 0.3 is 0 Å². The van der Waals surface area contributed by atoms with Crippen LogP contribution < -0.4 is 5.73 Å². The van der Waals surface area contributed by atoms with Gasteiger partial charge in [0.1, 0.15) is 5.15 Å². The van der Waals surface area contributed by atoms with Crippen molar-refractivity contribution in [1.29, 1.82) is 0 Å². The van der Waals surface area contributed by atoms with Gasteiger partial charge in [-0.2, -0.15) is 0 Å². The molecule has 7 nitrogen and oxygen atoms in total. The minimum Gasteiger partial charge on any atom is -0.366 e. The number of carbonyl (C=O) groups excluding carboxylic acids is 2. The van der Waals surface area contributed by atoms with Gasteiger partial charge in [0.2, 0.25) is 0 Å². The number of fused-ring (bicyclic) bond motifs is 3. The molecule has 0 saturated carbocycles. The molecule has 0 unspecified atom stereocenters. The molecule has 2 amide bonds. The molecule has 162 valence electrons. The number of aromatic amines is 1. The van der Waals surface area contributed by atoms with Gasteiger partial charge in [0, 0.05) is 59.8 Å². The van der Waals surface area contributed by atoms with Crippen molar-refractivity contribution in [2.45, 2.75) is 0 Å². The van der Waals surface area contributed by atoms with Gasteiger partial charge in [-0.3, -0.25) is 9.59 Å². The Morgan fingerprint density at radius 1 is 1.06 bits per heavy atom. The Balaban J connectivity index is 1.66. The summed E-state index contributed by atoms with van der Waals surface area (Å²) in [7, 11) is 2.06. The lowest BCUT2D eigenvalue weighted by Crippen LogP contribution is -2.47. The van der Waals surface area contributed by atoms with E-state index in [2.05, 4.69) is 21.9 Å². The van der Waals surface area contributed by atoms with Gasteiger partial charge in [-0.15, -0.1) is 0 Å². The highest BCUT2D eigenvalue weighted by molar-refractivity contribution is 6.29. The van der Waals surface area contributed by atoms with E-state index in [4.69, 9.17) is 17.3 Å². The van der Waals surface area contributed by atoms with Gasteiger partial charge in [-0.25, -0.2) is 4.98 Å². The van der Waals surface area contributed by atoms with E-state index in [1.165, 1.54) is 0 Å². The van der Waals surface area contributed by atoms with Crippen molar-refractivity contribution in [2.75, 3.05) is 33.2 Å². The Labute approximate surface area is 189 Å². The Morgan fingerprint density at radius 3 is 2.53 bits per heavy atom. The van der Waals surface area contributed by atoms with Crippen LogP contribution in [0.25, 0.3) is 32.9 Å². The van der Waals surface area contributed by atoms with Gasteiger partial charge in [-0.05, 0) is 42.9 Å². The molecule has 3 heterocycles. The first kappa shape index (κ1) is 20.5. The van der Waals surface area contributed by atoms with Gasteiger partial charge < -0.3 is 20.5 Å². The first-order valence-electron chi connectivity index (χ1n) is 10.4. The normalized spacial score (nSPS) is 14.9. The van der Waals surface area contributed by atoms with Crippen molar-refractivity contribution in [1.82, 2.24) is 19.8 Å². The number of pyridine rings is 1. The molecule has 8 heteroatoms. The number of primary amides is 1. The average molecular weight is 448 g/mol. The number of rotatable bonds is 3. The fourth-order valence-electron chi connectivity index (χ4n) is 4.32. The zero-order valence-electron chi connectivity index (χ0n) is 17.6. The number of H-pyrrole nitrogens is 1. The molecule has 3 N–H and O–H groups in total. The summed E-state index contributed by atoms with van der Waals surface area (Å²) in [4.78, 5) is 36.8. The standard InChI is InChI=1S/C24H22ClN5O2/c1-29-8-10-30(11-9-29)24(32)14-2-4-17-19(12-14)28-22-18(23(26)31)6-5-16(21(17)22)15-3-7-20(25)27-13-15/h2-7,12-13,28H,8-11H2,1H3,(H2,26,31). The highest BCUT2D eigenvalue weighted by Gasteiger charge is 2.22. The van der Waals surface area contributed by atoms with Gasteiger partial charge in [0.25, 0.3) is 11.8 Å². The minimum atomic E-state index is -0.518. The number of carbonyl (C=O) groups is 2. The number of hydrogen-bond donors (Lipinski definition) is 2. The van der Waals surface area contributed by atoms with Crippen LogP contribution in [0.2, 0.25) is 5.15 Å². The summed E-state index contributed by atoms with van der Waals surface area (Å²) in [5.41, 5.74) is 9.84. The quantitative estimate of drug-likeness (QED) is 0.470. The number of nitrogens with one attached hydrogen (secondary N) is 1. The maximum atomic E-state index is 13.1. The number of nitrogens with two attached hydrogens (primary N) is 1. The summed E-state index contributed by atoms with van der Waals surface area (Å²) in [6.45, 7) is 3.14. The van der Waals surface area contributed by atoms with Crippen LogP contribution in [0.3, 0.4) is 0 Å². The number of likely N-dealkylation sites (N-methyl/N-ethyl adjacent to an activating group) is 1. The van der Waals surface area contributed by atoms with Gasteiger partial charge in [0.15, 0.2) is 0 Å². The Hall–Kier alpha value is -3.42. The summed E-state index contributed by atoms with van der Waals surface area (Å²) in [6, 6.07) is 12.8. The molecule has 0 atom stereocenters. The second-order valence-electron chi connectivity index (χ2n) is 8.13. The van der Waals surface area contributed by atoms with Crippen LogP contribution in [0, 0.1) is 0 Å². The molecule has 1 fully saturated rings. The third-order valence-corrected chi connectivity index (χ3v) is 6.32. The Bertz CT molecular complexity index is 1350. The molecule has 0 aliphatic carbocycles. The smallest absolute Gasteiger partial charge is 0.254 e. The van der Waals surface area contributed by atoms with E-state index in [1.54, 1.807) is 18.3 Å². The summed E-state index contributed by atoms with van der Waals surface area (Å²) in [5, 5.41) is 2.17. The molecule has 1 aliphatic rings. The summed E-state index contributed by atoms with van der Waals surface area (Å²) in [6.07, 6.45) is 1.70. The first-order valence-corrected chi connectivity index (χ1v) is 10.8. The van der Waals surface area contributed by atoms with Crippen molar-refractivity contribution in [3.63, 3.8) is 0 Å². The molecule has 0 spiro atoms. The van der Waals surface area contributed by atoms with Crippen molar-refractivity contribution in [2.24, 2.45) is 5.73 Å². The molecular formula is C24H22ClN5O2.